The summed E-state index contributed by atoms with van der Waals surface area (Å²) in [5, 5.41) is 7.95. The molecule has 2 saturated carbocycles. The minimum atomic E-state index is -0.182. The Balaban J connectivity index is 1.69. The maximum atomic E-state index is 13.5. The molecule has 0 aliphatic heterocycles. The van der Waals surface area contributed by atoms with Crippen LogP contribution in [0.2, 0.25) is 0 Å². The predicted octanol–water partition coefficient (Wildman–Crippen LogP) is 4.47. The van der Waals surface area contributed by atoms with Crippen molar-refractivity contribution in [3.05, 3.63) is 52.1 Å². The van der Waals surface area contributed by atoms with Crippen LogP contribution < -0.4 is 0 Å². The molecule has 0 unspecified atom stereocenters. The summed E-state index contributed by atoms with van der Waals surface area (Å²) >= 11 is 0. The lowest BCUT2D eigenvalue weighted by atomic mass is 9.82. The van der Waals surface area contributed by atoms with Crippen LogP contribution in [0.1, 0.15) is 72.5 Å². The number of aryl methyl sites for hydroxylation is 1. The van der Waals surface area contributed by atoms with E-state index < -0.39 is 0 Å². The largest absolute Gasteiger partial charge is 0.300 e. The number of nitrogens with one attached hydrogen (secondary N) is 1. The number of aromatic nitrogens is 2. The van der Waals surface area contributed by atoms with E-state index in [4.69, 9.17) is 0 Å². The van der Waals surface area contributed by atoms with E-state index in [1.54, 1.807) is 12.1 Å². The molecule has 4 heteroatoms. The Morgan fingerprint density at radius 2 is 1.92 bits per heavy atom. The molecule has 0 saturated heterocycles. The lowest BCUT2D eigenvalue weighted by Crippen LogP contribution is -2.15. The Morgan fingerprint density at radius 1 is 1.21 bits per heavy atom. The molecule has 1 heterocycles. The van der Waals surface area contributed by atoms with Gasteiger partial charge in [0.2, 0.25) is 0 Å². The highest BCUT2D eigenvalue weighted by molar-refractivity contribution is 5.79. The Kier molecular flexibility index (Phi) is 3.59. The number of carbonyl (C=O) groups is 1. The second-order valence-electron chi connectivity index (χ2n) is 7.47. The zero-order valence-electron chi connectivity index (χ0n) is 14.3. The third kappa shape index (κ3) is 2.40. The minimum Gasteiger partial charge on any atom is -0.300 e. The van der Waals surface area contributed by atoms with Crippen LogP contribution in [0.4, 0.5) is 4.39 Å². The van der Waals surface area contributed by atoms with Gasteiger partial charge in [0.05, 0.1) is 5.69 Å². The van der Waals surface area contributed by atoms with Gasteiger partial charge in [0.15, 0.2) is 0 Å². The molecule has 0 bridgehead atoms. The normalized spacial score (nSPS) is 20.4. The average Bonchev–Trinajstić information content (AvgIpc) is 3.25. The van der Waals surface area contributed by atoms with Crippen molar-refractivity contribution in [2.45, 2.75) is 63.7 Å². The summed E-state index contributed by atoms with van der Waals surface area (Å²) in [4.78, 5) is 11.5. The molecule has 1 aromatic carbocycles. The van der Waals surface area contributed by atoms with E-state index in [0.717, 1.165) is 36.9 Å². The second-order valence-corrected chi connectivity index (χ2v) is 7.47. The molecule has 1 aromatic heterocycles. The molecular weight excluding hydrogens is 303 g/mol. The smallest absolute Gasteiger partial charge is 0.132 e. The van der Waals surface area contributed by atoms with Crippen molar-refractivity contribution >= 4 is 5.78 Å². The van der Waals surface area contributed by atoms with Crippen LogP contribution in [0, 0.1) is 19.7 Å². The fourth-order valence-corrected chi connectivity index (χ4v) is 4.43. The maximum Gasteiger partial charge on any atom is 0.132 e. The quantitative estimate of drug-likeness (QED) is 0.904. The van der Waals surface area contributed by atoms with E-state index in [2.05, 4.69) is 17.1 Å². The molecule has 2 aromatic rings. The minimum absolute atomic E-state index is 0.0545. The van der Waals surface area contributed by atoms with E-state index in [9.17, 15) is 9.18 Å². The third-order valence-electron chi connectivity index (χ3n) is 5.91. The number of H-pyrrole nitrogens is 1. The van der Waals surface area contributed by atoms with E-state index in [-0.39, 0.29) is 11.2 Å². The van der Waals surface area contributed by atoms with Gasteiger partial charge in [-0.2, -0.15) is 5.10 Å². The first-order valence-electron chi connectivity index (χ1n) is 8.85. The average molecular weight is 326 g/mol. The second kappa shape index (κ2) is 5.54. The topological polar surface area (TPSA) is 45.8 Å². The highest BCUT2D eigenvalue weighted by Gasteiger charge is 2.50. The van der Waals surface area contributed by atoms with Crippen molar-refractivity contribution in [3.8, 4) is 0 Å². The highest BCUT2D eigenvalue weighted by atomic mass is 19.1. The SMILES string of the molecule is Cc1cc(F)ccc1C1(c2n[nH]c(C3CCC(=O)CC3)c2C)CC1. The number of benzene rings is 1. The van der Waals surface area contributed by atoms with Gasteiger partial charge in [-0.1, -0.05) is 6.07 Å². The first-order valence-corrected chi connectivity index (χ1v) is 8.85. The standard InChI is InChI=1S/C20H23FN2O/c1-12-11-15(21)5-8-17(12)20(9-10-20)19-13(2)18(22-23-19)14-3-6-16(24)7-4-14/h5,8,11,14H,3-4,6-7,9-10H2,1-2H3,(H,22,23). The zero-order chi connectivity index (χ0) is 16.9. The van der Waals surface area contributed by atoms with Crippen molar-refractivity contribution in [2.24, 2.45) is 0 Å². The summed E-state index contributed by atoms with van der Waals surface area (Å²) in [5.74, 6) is 0.608. The van der Waals surface area contributed by atoms with Gasteiger partial charge in [-0.15, -0.1) is 0 Å². The van der Waals surface area contributed by atoms with Crippen LogP contribution in [-0.2, 0) is 10.2 Å². The van der Waals surface area contributed by atoms with Crippen LogP contribution in [0.25, 0.3) is 0 Å². The number of rotatable bonds is 3. The fourth-order valence-electron chi connectivity index (χ4n) is 4.43. The van der Waals surface area contributed by atoms with Crippen molar-refractivity contribution < 1.29 is 9.18 Å². The molecule has 0 radical (unpaired) electrons. The number of Topliss-reactive ketones (excluding diaryl/α,β-unsaturated/α-hetero) is 1. The van der Waals surface area contributed by atoms with Crippen molar-refractivity contribution in [3.63, 3.8) is 0 Å². The Morgan fingerprint density at radius 3 is 2.54 bits per heavy atom. The number of carbonyl (C=O) groups excluding carboxylic acids is 1. The number of nitrogens with zero attached hydrogens (tertiary/aromatic N) is 1. The highest BCUT2D eigenvalue weighted by Crippen LogP contribution is 2.55. The van der Waals surface area contributed by atoms with Gasteiger partial charge in [0.25, 0.3) is 0 Å². The maximum absolute atomic E-state index is 13.5. The van der Waals surface area contributed by atoms with Crippen molar-refractivity contribution in [1.82, 2.24) is 10.2 Å². The summed E-state index contributed by atoms with van der Waals surface area (Å²) in [6.07, 6.45) is 5.33. The van der Waals surface area contributed by atoms with E-state index >= 15 is 0 Å². The first kappa shape index (κ1) is 15.6. The number of hydrogen-bond donors (Lipinski definition) is 1. The summed E-state index contributed by atoms with van der Waals surface area (Å²) < 4.78 is 13.5. The Bertz CT molecular complexity index is 794. The monoisotopic (exact) mass is 326 g/mol. The first-order chi connectivity index (χ1) is 11.5. The molecule has 3 nitrogen and oxygen atoms in total. The predicted molar refractivity (Wildman–Crippen MR) is 90.7 cm³/mol. The molecule has 24 heavy (non-hydrogen) atoms. The van der Waals surface area contributed by atoms with Gasteiger partial charge in [-0.3, -0.25) is 9.89 Å². The molecule has 4 rings (SSSR count). The zero-order valence-corrected chi connectivity index (χ0v) is 14.3. The van der Waals surface area contributed by atoms with Gasteiger partial charge < -0.3 is 0 Å². The van der Waals surface area contributed by atoms with E-state index in [0.29, 0.717) is 24.5 Å². The summed E-state index contributed by atoms with van der Waals surface area (Å²) in [6.45, 7) is 4.12. The van der Waals surface area contributed by atoms with Gasteiger partial charge in [-0.25, -0.2) is 4.39 Å². The van der Waals surface area contributed by atoms with Crippen LogP contribution in [0.3, 0.4) is 0 Å². The van der Waals surface area contributed by atoms with E-state index in [1.165, 1.54) is 16.8 Å². The van der Waals surface area contributed by atoms with Crippen LogP contribution in [0.5, 0.6) is 0 Å². The molecule has 2 fully saturated rings. The Labute approximate surface area is 141 Å². The summed E-state index contributed by atoms with van der Waals surface area (Å²) in [5.41, 5.74) is 5.69. The molecule has 0 amide bonds. The molecule has 126 valence electrons. The third-order valence-corrected chi connectivity index (χ3v) is 5.91. The molecule has 2 aliphatic rings. The van der Waals surface area contributed by atoms with E-state index in [1.807, 2.05) is 13.0 Å². The van der Waals surface area contributed by atoms with Crippen LogP contribution >= 0.6 is 0 Å². The van der Waals surface area contributed by atoms with Crippen molar-refractivity contribution in [1.29, 1.82) is 0 Å². The lowest BCUT2D eigenvalue weighted by Gasteiger charge is -2.21. The summed E-state index contributed by atoms with van der Waals surface area (Å²) in [7, 11) is 0. The number of halogens is 1. The van der Waals surface area contributed by atoms with Gasteiger partial charge in [-0.05, 0) is 68.4 Å². The van der Waals surface area contributed by atoms with Gasteiger partial charge in [0, 0.05) is 29.9 Å². The van der Waals surface area contributed by atoms with Gasteiger partial charge >= 0.3 is 0 Å². The molecule has 0 atom stereocenters. The number of ketones is 1. The molecule has 2 aliphatic carbocycles. The fraction of sp³-hybridized carbons (Fsp3) is 0.500. The number of hydrogen-bond acceptors (Lipinski definition) is 2. The summed E-state index contributed by atoms with van der Waals surface area (Å²) in [6, 6.07) is 5.09. The Hall–Kier alpha value is -1.97. The molecule has 0 spiro atoms. The molecular formula is C20H23FN2O. The number of aromatic amines is 1. The van der Waals surface area contributed by atoms with Gasteiger partial charge in [0.1, 0.15) is 11.6 Å². The van der Waals surface area contributed by atoms with Crippen molar-refractivity contribution in [2.75, 3.05) is 0 Å². The lowest BCUT2D eigenvalue weighted by molar-refractivity contribution is -0.120. The molecule has 1 N–H and O–H groups in total. The van der Waals surface area contributed by atoms with Crippen LogP contribution in [0.15, 0.2) is 18.2 Å². The van der Waals surface area contributed by atoms with Crippen LogP contribution in [-0.4, -0.2) is 16.0 Å².